The lowest BCUT2D eigenvalue weighted by atomic mass is 9.92. The summed E-state index contributed by atoms with van der Waals surface area (Å²) in [5, 5.41) is 29.5. The number of carbonyl (C=O) groups is 1. The van der Waals surface area contributed by atoms with Gasteiger partial charge in [0.1, 0.15) is 11.4 Å². The second-order valence-corrected chi connectivity index (χ2v) is 7.48. The van der Waals surface area contributed by atoms with Crippen molar-refractivity contribution in [3.05, 3.63) is 41.2 Å². The van der Waals surface area contributed by atoms with Gasteiger partial charge in [0, 0.05) is 12.0 Å². The summed E-state index contributed by atoms with van der Waals surface area (Å²) in [4.78, 5) is 11.5. The monoisotopic (exact) mass is 366 g/mol. The van der Waals surface area contributed by atoms with E-state index in [1.807, 2.05) is 6.08 Å². The number of hydrogen-bond donors (Lipinski definition) is 3. The molecule has 5 nitrogen and oxygen atoms in total. The van der Waals surface area contributed by atoms with Gasteiger partial charge in [0.25, 0.3) is 0 Å². The maximum atomic E-state index is 14.5. The lowest BCUT2D eigenvalue weighted by Crippen LogP contribution is -2.53. The third kappa shape index (κ3) is 4.90. The molecule has 3 N–H and O–H groups in total. The Bertz CT molecular complexity index is 688. The van der Waals surface area contributed by atoms with Crippen molar-refractivity contribution in [2.24, 2.45) is 0 Å². The maximum absolute atomic E-state index is 14.5. The molecule has 0 saturated carbocycles. The fourth-order valence-corrected chi connectivity index (χ4v) is 2.84. The van der Waals surface area contributed by atoms with Crippen molar-refractivity contribution < 1.29 is 29.2 Å². The zero-order valence-electron chi connectivity index (χ0n) is 15.5. The highest BCUT2D eigenvalue weighted by molar-refractivity contribution is 5.73. The molecule has 2 atom stereocenters. The van der Waals surface area contributed by atoms with Crippen molar-refractivity contribution in [1.82, 2.24) is 0 Å². The summed E-state index contributed by atoms with van der Waals surface area (Å²) < 4.78 is 19.7. The molecule has 0 bridgehead atoms. The Morgan fingerprint density at radius 3 is 2.46 bits per heavy atom. The number of allylic oxidation sites excluding steroid dienone is 2. The van der Waals surface area contributed by atoms with Crippen LogP contribution >= 0.6 is 0 Å². The van der Waals surface area contributed by atoms with E-state index in [0.717, 1.165) is 31.3 Å². The van der Waals surface area contributed by atoms with Gasteiger partial charge in [-0.3, -0.25) is 0 Å². The highest BCUT2D eigenvalue weighted by atomic mass is 19.1. The zero-order valence-corrected chi connectivity index (χ0v) is 15.5. The van der Waals surface area contributed by atoms with Crippen LogP contribution in [0.1, 0.15) is 57.6 Å². The summed E-state index contributed by atoms with van der Waals surface area (Å²) in [5.41, 5.74) is 0.311. The number of aliphatic carboxylic acids is 1. The standard InChI is InChI=1S/C20H27FO5/c1-19(2,24)20(3,25)26-17(18(22)23)12-13-9-10-15(16(21)11-13)14-7-5-4-6-8-14/h7,9-11,17,24-25H,4-6,8,12H2,1-3H3,(H,22,23)/t17-,20?/m0/s1. The Kier molecular flexibility index (Phi) is 6.21. The summed E-state index contributed by atoms with van der Waals surface area (Å²) in [7, 11) is 0. The molecule has 0 aliphatic heterocycles. The molecule has 0 fully saturated rings. The second kappa shape index (κ2) is 7.86. The topological polar surface area (TPSA) is 87.0 Å². The van der Waals surface area contributed by atoms with Crippen molar-refractivity contribution in [2.45, 2.75) is 70.4 Å². The van der Waals surface area contributed by atoms with Gasteiger partial charge in [-0.25, -0.2) is 9.18 Å². The van der Waals surface area contributed by atoms with E-state index in [-0.39, 0.29) is 6.42 Å². The van der Waals surface area contributed by atoms with E-state index in [4.69, 9.17) is 4.74 Å². The van der Waals surface area contributed by atoms with Crippen LogP contribution in [0.2, 0.25) is 0 Å². The normalized spacial score (nSPS) is 18.8. The van der Waals surface area contributed by atoms with Crippen molar-refractivity contribution >= 4 is 11.5 Å². The average Bonchev–Trinajstić information content (AvgIpc) is 2.54. The van der Waals surface area contributed by atoms with Gasteiger partial charge >= 0.3 is 5.97 Å². The van der Waals surface area contributed by atoms with E-state index in [2.05, 4.69) is 0 Å². The van der Waals surface area contributed by atoms with E-state index in [0.29, 0.717) is 11.1 Å². The van der Waals surface area contributed by atoms with E-state index >= 15 is 0 Å². The molecule has 1 aromatic carbocycles. The zero-order chi connectivity index (χ0) is 19.5. The first-order valence-corrected chi connectivity index (χ1v) is 8.84. The summed E-state index contributed by atoms with van der Waals surface area (Å²) in [5.74, 6) is -3.76. The Balaban J connectivity index is 2.18. The molecule has 0 aromatic heterocycles. The van der Waals surface area contributed by atoms with Crippen LogP contribution in [-0.2, 0) is 16.0 Å². The molecule has 26 heavy (non-hydrogen) atoms. The quantitative estimate of drug-likeness (QED) is 0.645. The van der Waals surface area contributed by atoms with Gasteiger partial charge in [0.2, 0.25) is 0 Å². The van der Waals surface area contributed by atoms with Crippen LogP contribution in [0.5, 0.6) is 0 Å². The van der Waals surface area contributed by atoms with Crippen LogP contribution in [0, 0.1) is 5.82 Å². The van der Waals surface area contributed by atoms with E-state index in [1.165, 1.54) is 26.8 Å². The van der Waals surface area contributed by atoms with Crippen LogP contribution in [0.4, 0.5) is 4.39 Å². The van der Waals surface area contributed by atoms with Crippen LogP contribution in [0.25, 0.3) is 5.57 Å². The molecule has 1 aliphatic rings. The number of halogens is 1. The lowest BCUT2D eigenvalue weighted by Gasteiger charge is -2.37. The number of rotatable bonds is 7. The van der Waals surface area contributed by atoms with Crippen LogP contribution in [-0.4, -0.2) is 38.8 Å². The number of benzene rings is 1. The molecular weight excluding hydrogens is 339 g/mol. The molecular formula is C20H27FO5. The summed E-state index contributed by atoms with van der Waals surface area (Å²) in [6.45, 7) is 3.83. The molecule has 6 heteroatoms. The molecule has 1 aliphatic carbocycles. The molecule has 0 amide bonds. The minimum Gasteiger partial charge on any atom is -0.479 e. The summed E-state index contributed by atoms with van der Waals surface area (Å²) in [6, 6.07) is 4.64. The number of ether oxygens (including phenoxy) is 1. The van der Waals surface area contributed by atoms with Gasteiger partial charge in [-0.15, -0.1) is 0 Å². The number of aliphatic hydroxyl groups is 2. The maximum Gasteiger partial charge on any atom is 0.333 e. The highest BCUT2D eigenvalue weighted by Crippen LogP contribution is 2.30. The predicted molar refractivity (Wildman–Crippen MR) is 96.0 cm³/mol. The largest absolute Gasteiger partial charge is 0.479 e. The van der Waals surface area contributed by atoms with Gasteiger partial charge in [0.15, 0.2) is 11.9 Å². The minimum absolute atomic E-state index is 0.127. The van der Waals surface area contributed by atoms with Gasteiger partial charge in [-0.2, -0.15) is 0 Å². The number of carboxylic acids is 1. The first-order valence-electron chi connectivity index (χ1n) is 8.84. The smallest absolute Gasteiger partial charge is 0.333 e. The first kappa shape index (κ1) is 20.6. The fraction of sp³-hybridized carbons (Fsp3) is 0.550. The fourth-order valence-electron chi connectivity index (χ4n) is 2.84. The number of carboxylic acid groups (broad SMARTS) is 1. The SMILES string of the molecule is CC(C)(O)C(C)(O)O[C@@H](Cc1ccc(C2=CCCCC2)c(F)c1)C(=O)O. The van der Waals surface area contributed by atoms with Crippen molar-refractivity contribution in [3.8, 4) is 0 Å². The lowest BCUT2D eigenvalue weighted by molar-refractivity contribution is -0.294. The average molecular weight is 366 g/mol. The Morgan fingerprint density at radius 1 is 1.27 bits per heavy atom. The van der Waals surface area contributed by atoms with E-state index in [1.54, 1.807) is 12.1 Å². The van der Waals surface area contributed by atoms with Gasteiger partial charge in [0.05, 0.1) is 0 Å². The van der Waals surface area contributed by atoms with Gasteiger partial charge in [-0.05, 0) is 63.7 Å². The van der Waals surface area contributed by atoms with Crippen molar-refractivity contribution in [1.29, 1.82) is 0 Å². The first-order chi connectivity index (χ1) is 12.0. The van der Waals surface area contributed by atoms with Crippen molar-refractivity contribution in [2.75, 3.05) is 0 Å². The van der Waals surface area contributed by atoms with Crippen LogP contribution in [0.15, 0.2) is 24.3 Å². The Morgan fingerprint density at radius 2 is 1.96 bits per heavy atom. The number of hydrogen-bond acceptors (Lipinski definition) is 4. The summed E-state index contributed by atoms with van der Waals surface area (Å²) >= 11 is 0. The summed E-state index contributed by atoms with van der Waals surface area (Å²) in [6.07, 6.45) is 4.43. The van der Waals surface area contributed by atoms with E-state index in [9.17, 15) is 24.5 Å². The molecule has 0 radical (unpaired) electrons. The van der Waals surface area contributed by atoms with Crippen LogP contribution < -0.4 is 0 Å². The Hall–Kier alpha value is -1.76. The second-order valence-electron chi connectivity index (χ2n) is 7.48. The van der Waals surface area contributed by atoms with Crippen LogP contribution in [0.3, 0.4) is 0 Å². The molecule has 0 spiro atoms. The molecule has 1 unspecified atom stereocenters. The molecule has 0 saturated heterocycles. The third-order valence-corrected chi connectivity index (χ3v) is 4.87. The minimum atomic E-state index is -2.07. The molecule has 1 aromatic rings. The van der Waals surface area contributed by atoms with E-state index < -0.39 is 29.3 Å². The molecule has 144 valence electrons. The highest BCUT2D eigenvalue weighted by Gasteiger charge is 2.42. The Labute approximate surface area is 153 Å². The molecule has 0 heterocycles. The van der Waals surface area contributed by atoms with Gasteiger partial charge < -0.3 is 20.1 Å². The predicted octanol–water partition coefficient (Wildman–Crippen LogP) is 3.27. The van der Waals surface area contributed by atoms with Gasteiger partial charge in [-0.1, -0.05) is 18.2 Å². The van der Waals surface area contributed by atoms with Crippen molar-refractivity contribution in [3.63, 3.8) is 0 Å². The third-order valence-electron chi connectivity index (χ3n) is 4.87. The molecule has 2 rings (SSSR count).